The zero-order valence-electron chi connectivity index (χ0n) is 9.65. The summed E-state index contributed by atoms with van der Waals surface area (Å²) in [4.78, 5) is 0. The summed E-state index contributed by atoms with van der Waals surface area (Å²) in [6.07, 6.45) is 2.58. The number of hydrogen-bond acceptors (Lipinski definition) is 2. The molecule has 0 spiro atoms. The van der Waals surface area contributed by atoms with Crippen LogP contribution in [0.1, 0.15) is 25.3 Å². The van der Waals surface area contributed by atoms with Gasteiger partial charge in [0.05, 0.1) is 6.10 Å². The number of aliphatic hydroxyl groups excluding tert-OH is 1. The third-order valence-electron chi connectivity index (χ3n) is 3.15. The molecule has 0 bridgehead atoms. The Morgan fingerprint density at radius 1 is 1.38 bits per heavy atom. The normalized spacial score (nSPS) is 29.5. The maximum atomic E-state index is 9.68. The van der Waals surface area contributed by atoms with Gasteiger partial charge in [0.25, 0.3) is 0 Å². The second kappa shape index (κ2) is 5.67. The maximum absolute atomic E-state index is 9.68. The Hall–Kier alpha value is -0.570. The van der Waals surface area contributed by atoms with Crippen molar-refractivity contribution in [3.05, 3.63) is 35.9 Å². The first-order chi connectivity index (χ1) is 7.18. The second-order valence-corrected chi connectivity index (χ2v) is 4.80. The van der Waals surface area contributed by atoms with Gasteiger partial charge in [-0.25, -0.2) is 0 Å². The van der Waals surface area contributed by atoms with Crippen LogP contribution in [-0.2, 0) is 6.42 Å². The highest BCUT2D eigenvalue weighted by Crippen LogP contribution is 2.23. The molecule has 0 amide bonds. The van der Waals surface area contributed by atoms with E-state index in [1.165, 1.54) is 5.56 Å². The topological polar surface area (TPSA) is 32.3 Å². The highest BCUT2D eigenvalue weighted by Gasteiger charge is 2.30. The fraction of sp³-hybridized carbons (Fsp3) is 0.538. The summed E-state index contributed by atoms with van der Waals surface area (Å²) in [5, 5.41) is 13.2. The van der Waals surface area contributed by atoms with Crippen molar-refractivity contribution < 1.29 is 5.11 Å². The van der Waals surface area contributed by atoms with E-state index in [9.17, 15) is 5.11 Å². The molecule has 2 atom stereocenters. The fourth-order valence-corrected chi connectivity index (χ4v) is 2.42. The molecular formula is C13H20ClNO. The van der Waals surface area contributed by atoms with Crippen molar-refractivity contribution in [3.63, 3.8) is 0 Å². The maximum Gasteiger partial charge on any atom is 0.0570 e. The highest BCUT2D eigenvalue weighted by atomic mass is 35.5. The Morgan fingerprint density at radius 3 is 2.69 bits per heavy atom. The predicted octanol–water partition coefficient (Wildman–Crippen LogP) is 2.15. The lowest BCUT2D eigenvalue weighted by Gasteiger charge is -2.37. The third-order valence-corrected chi connectivity index (χ3v) is 3.15. The van der Waals surface area contributed by atoms with Crippen molar-refractivity contribution >= 4 is 12.4 Å². The molecule has 0 aliphatic carbocycles. The quantitative estimate of drug-likeness (QED) is 0.832. The molecule has 1 fully saturated rings. The average Bonchev–Trinajstić information content (AvgIpc) is 2.18. The number of piperidine rings is 1. The first kappa shape index (κ1) is 13.5. The molecule has 0 radical (unpaired) electrons. The van der Waals surface area contributed by atoms with Crippen LogP contribution in [0.4, 0.5) is 0 Å². The van der Waals surface area contributed by atoms with Crippen LogP contribution < -0.4 is 5.32 Å². The molecule has 0 aromatic heterocycles. The van der Waals surface area contributed by atoms with Crippen LogP contribution in [-0.4, -0.2) is 23.3 Å². The molecule has 1 aliphatic rings. The van der Waals surface area contributed by atoms with E-state index < -0.39 is 0 Å². The molecule has 1 heterocycles. The van der Waals surface area contributed by atoms with Crippen LogP contribution in [0, 0.1) is 0 Å². The molecule has 0 saturated carbocycles. The molecule has 1 aliphatic heterocycles. The fourth-order valence-electron chi connectivity index (χ4n) is 2.42. The summed E-state index contributed by atoms with van der Waals surface area (Å²) < 4.78 is 0. The van der Waals surface area contributed by atoms with Crippen molar-refractivity contribution in [2.45, 2.75) is 37.8 Å². The number of nitrogens with one attached hydrogen (secondary N) is 1. The Labute approximate surface area is 103 Å². The smallest absolute Gasteiger partial charge is 0.0570 e. The van der Waals surface area contributed by atoms with Crippen molar-refractivity contribution in [2.75, 3.05) is 6.54 Å². The summed E-state index contributed by atoms with van der Waals surface area (Å²) in [6.45, 7) is 3.12. The zero-order valence-corrected chi connectivity index (χ0v) is 10.5. The van der Waals surface area contributed by atoms with E-state index in [-0.39, 0.29) is 24.0 Å². The molecule has 2 N–H and O–H groups in total. The SMILES string of the molecule is CC1(Cc2ccccc2)CC(O)CCN1.Cl. The van der Waals surface area contributed by atoms with Gasteiger partial charge in [0, 0.05) is 5.54 Å². The van der Waals surface area contributed by atoms with Gasteiger partial charge in [0.15, 0.2) is 0 Å². The van der Waals surface area contributed by atoms with Gasteiger partial charge in [0.1, 0.15) is 0 Å². The van der Waals surface area contributed by atoms with Crippen LogP contribution >= 0.6 is 12.4 Å². The first-order valence-corrected chi connectivity index (χ1v) is 5.65. The van der Waals surface area contributed by atoms with Gasteiger partial charge < -0.3 is 10.4 Å². The van der Waals surface area contributed by atoms with Gasteiger partial charge in [-0.3, -0.25) is 0 Å². The molecular weight excluding hydrogens is 222 g/mol. The van der Waals surface area contributed by atoms with Gasteiger partial charge >= 0.3 is 0 Å². The van der Waals surface area contributed by atoms with Crippen molar-refractivity contribution in [1.82, 2.24) is 5.32 Å². The van der Waals surface area contributed by atoms with Crippen LogP contribution in [0.3, 0.4) is 0 Å². The molecule has 2 nitrogen and oxygen atoms in total. The Morgan fingerprint density at radius 2 is 2.06 bits per heavy atom. The van der Waals surface area contributed by atoms with E-state index >= 15 is 0 Å². The van der Waals surface area contributed by atoms with Crippen LogP contribution in [0.25, 0.3) is 0 Å². The third kappa shape index (κ3) is 3.48. The number of aliphatic hydroxyl groups is 1. The monoisotopic (exact) mass is 241 g/mol. The number of halogens is 1. The van der Waals surface area contributed by atoms with E-state index in [2.05, 4.69) is 36.5 Å². The lowest BCUT2D eigenvalue weighted by molar-refractivity contribution is 0.0843. The van der Waals surface area contributed by atoms with Crippen molar-refractivity contribution in [3.8, 4) is 0 Å². The minimum absolute atomic E-state index is 0. The number of hydrogen-bond donors (Lipinski definition) is 2. The molecule has 2 unspecified atom stereocenters. The van der Waals surface area contributed by atoms with E-state index in [0.29, 0.717) is 0 Å². The van der Waals surface area contributed by atoms with Crippen molar-refractivity contribution in [2.24, 2.45) is 0 Å². The molecule has 2 rings (SSSR count). The van der Waals surface area contributed by atoms with E-state index in [1.807, 2.05) is 6.07 Å². The van der Waals surface area contributed by atoms with Crippen LogP contribution in [0.15, 0.2) is 30.3 Å². The highest BCUT2D eigenvalue weighted by molar-refractivity contribution is 5.85. The van der Waals surface area contributed by atoms with E-state index in [0.717, 1.165) is 25.8 Å². The largest absolute Gasteiger partial charge is 0.393 e. The standard InChI is InChI=1S/C13H19NO.ClH/c1-13(10-12(15)7-8-14-13)9-11-5-3-2-4-6-11;/h2-6,12,14-15H,7-10H2,1H3;1H. The predicted molar refractivity (Wildman–Crippen MR) is 69.0 cm³/mol. The Kier molecular flexibility index (Phi) is 4.78. The number of rotatable bonds is 2. The Bertz CT molecular complexity index is 317. The summed E-state index contributed by atoms with van der Waals surface area (Å²) in [6, 6.07) is 10.5. The van der Waals surface area contributed by atoms with Gasteiger partial charge in [-0.05, 0) is 38.3 Å². The first-order valence-electron chi connectivity index (χ1n) is 5.65. The molecule has 3 heteroatoms. The van der Waals surface area contributed by atoms with Crippen LogP contribution in [0.5, 0.6) is 0 Å². The van der Waals surface area contributed by atoms with Crippen molar-refractivity contribution in [1.29, 1.82) is 0 Å². The van der Waals surface area contributed by atoms with Gasteiger partial charge in [-0.1, -0.05) is 30.3 Å². The minimum atomic E-state index is -0.139. The van der Waals surface area contributed by atoms with Crippen LogP contribution in [0.2, 0.25) is 0 Å². The second-order valence-electron chi connectivity index (χ2n) is 4.80. The number of benzene rings is 1. The lowest BCUT2D eigenvalue weighted by Crippen LogP contribution is -2.51. The molecule has 16 heavy (non-hydrogen) atoms. The minimum Gasteiger partial charge on any atom is -0.393 e. The van der Waals surface area contributed by atoms with E-state index in [1.54, 1.807) is 0 Å². The molecule has 1 aromatic rings. The Balaban J connectivity index is 0.00000128. The average molecular weight is 242 g/mol. The molecule has 90 valence electrons. The molecule has 1 saturated heterocycles. The summed E-state index contributed by atoms with van der Waals surface area (Å²) in [5.74, 6) is 0. The van der Waals surface area contributed by atoms with E-state index in [4.69, 9.17) is 0 Å². The summed E-state index contributed by atoms with van der Waals surface area (Å²) >= 11 is 0. The summed E-state index contributed by atoms with van der Waals surface area (Å²) in [7, 11) is 0. The summed E-state index contributed by atoms with van der Waals surface area (Å²) in [5.41, 5.74) is 1.39. The molecule has 1 aromatic carbocycles. The van der Waals surface area contributed by atoms with Gasteiger partial charge in [0.2, 0.25) is 0 Å². The zero-order chi connectivity index (χ0) is 10.7. The van der Waals surface area contributed by atoms with Gasteiger partial charge in [-0.2, -0.15) is 0 Å². The van der Waals surface area contributed by atoms with Gasteiger partial charge in [-0.15, -0.1) is 12.4 Å². The lowest BCUT2D eigenvalue weighted by atomic mass is 9.84.